The molecule has 0 spiro atoms. The molecule has 0 N–H and O–H groups in total. The average Bonchev–Trinajstić information content (AvgIpc) is 3.41. The van der Waals surface area contributed by atoms with Crippen molar-refractivity contribution in [2.75, 3.05) is 0 Å². The van der Waals surface area contributed by atoms with E-state index >= 15 is 8.78 Å². The zero-order valence-electron chi connectivity index (χ0n) is 25.1. The normalized spacial score (nSPS) is 15.2. The molecule has 0 atom stereocenters. The van der Waals surface area contributed by atoms with E-state index in [0.717, 1.165) is 27.5 Å². The molecule has 4 aromatic carbocycles. The third kappa shape index (κ3) is 3.27. The number of pyridine rings is 1. The van der Waals surface area contributed by atoms with Gasteiger partial charge in [0.05, 0.1) is 11.1 Å². The van der Waals surface area contributed by atoms with Crippen molar-refractivity contribution in [2.24, 2.45) is 7.05 Å². The van der Waals surface area contributed by atoms with Crippen LogP contribution < -0.4 is 4.57 Å². The number of furan rings is 1. The second kappa shape index (κ2) is 8.09. The monoisotopic (exact) mass is 519 g/mol. The molecule has 0 saturated carbocycles. The van der Waals surface area contributed by atoms with E-state index < -0.39 is 18.5 Å². The first kappa shape index (κ1) is 20.6. The molecule has 0 aliphatic heterocycles. The van der Waals surface area contributed by atoms with Crippen LogP contribution in [-0.2, 0) is 12.5 Å². The first-order valence-electron chi connectivity index (χ1n) is 14.5. The van der Waals surface area contributed by atoms with Gasteiger partial charge >= 0.3 is 0 Å². The molecule has 0 fully saturated rings. The Hall–Kier alpha value is -4.31. The maximum atomic E-state index is 15.8. The Kier molecular flexibility index (Phi) is 4.28. The van der Waals surface area contributed by atoms with Crippen LogP contribution in [0.2, 0.25) is 0 Å². The van der Waals surface area contributed by atoms with Crippen molar-refractivity contribution < 1.29 is 21.9 Å². The molecule has 2 nitrogen and oxygen atoms in total. The number of benzene rings is 4. The highest BCUT2D eigenvalue weighted by molar-refractivity contribution is 6.13. The van der Waals surface area contributed by atoms with Crippen LogP contribution in [0.25, 0.3) is 55.4 Å². The van der Waals surface area contributed by atoms with Gasteiger partial charge in [-0.3, -0.25) is 0 Å². The van der Waals surface area contributed by atoms with E-state index in [1.54, 1.807) is 17.7 Å². The van der Waals surface area contributed by atoms with Gasteiger partial charge in [0.25, 0.3) is 0 Å². The molecule has 0 unspecified atom stereocenters. The van der Waals surface area contributed by atoms with Crippen LogP contribution in [-0.4, -0.2) is 0 Å². The van der Waals surface area contributed by atoms with Crippen molar-refractivity contribution in [3.05, 3.63) is 113 Å². The lowest BCUT2D eigenvalue weighted by atomic mass is 9.81. The van der Waals surface area contributed by atoms with Gasteiger partial charge in [0.1, 0.15) is 29.8 Å². The number of nitrogens with zero attached hydrogens (tertiary/aromatic N) is 1. The highest BCUT2D eigenvalue weighted by Gasteiger charge is 2.35. The van der Waals surface area contributed by atoms with Crippen molar-refractivity contribution in [2.45, 2.75) is 33.0 Å². The number of rotatable bonds is 2. The van der Waals surface area contributed by atoms with Crippen LogP contribution in [0.5, 0.6) is 0 Å². The number of halogens is 2. The summed E-state index contributed by atoms with van der Waals surface area (Å²) in [6, 6.07) is 22.7. The Morgan fingerprint density at radius 1 is 0.769 bits per heavy atom. The van der Waals surface area contributed by atoms with Crippen molar-refractivity contribution in [3.63, 3.8) is 0 Å². The highest BCUT2D eigenvalue weighted by atomic mass is 19.1. The van der Waals surface area contributed by atoms with E-state index in [1.807, 2.05) is 37.3 Å². The van der Waals surface area contributed by atoms with E-state index in [-0.39, 0.29) is 11.0 Å². The summed E-state index contributed by atoms with van der Waals surface area (Å²) in [5.41, 5.74) is 7.99. The Balaban J connectivity index is 1.47. The lowest BCUT2D eigenvalue weighted by Crippen LogP contribution is -2.31. The third-order valence-electron chi connectivity index (χ3n) is 8.32. The van der Waals surface area contributed by atoms with Gasteiger partial charge in [0, 0.05) is 31.9 Å². The molecule has 4 heteroatoms. The third-order valence-corrected chi connectivity index (χ3v) is 8.32. The van der Waals surface area contributed by atoms with Gasteiger partial charge < -0.3 is 4.42 Å². The summed E-state index contributed by atoms with van der Waals surface area (Å²) in [4.78, 5) is 0. The van der Waals surface area contributed by atoms with Crippen molar-refractivity contribution in [1.82, 2.24) is 0 Å². The zero-order valence-corrected chi connectivity index (χ0v) is 22.1. The Bertz CT molecular complexity index is 2110. The van der Waals surface area contributed by atoms with Gasteiger partial charge in [0.15, 0.2) is 6.20 Å². The molecule has 2 heterocycles. The summed E-state index contributed by atoms with van der Waals surface area (Å²) in [5.74, 6) is -1.21. The van der Waals surface area contributed by atoms with Gasteiger partial charge in [-0.05, 0) is 65.4 Å². The van der Waals surface area contributed by atoms with Crippen LogP contribution >= 0.6 is 0 Å². The van der Waals surface area contributed by atoms with Crippen molar-refractivity contribution in [3.8, 4) is 33.5 Å². The minimum atomic E-state index is -2.58. The van der Waals surface area contributed by atoms with Gasteiger partial charge in [-0.2, -0.15) is 0 Å². The minimum absolute atomic E-state index is 0.246. The van der Waals surface area contributed by atoms with Gasteiger partial charge in [-0.1, -0.05) is 62.4 Å². The lowest BCUT2D eigenvalue weighted by Gasteiger charge is -2.22. The van der Waals surface area contributed by atoms with Crippen LogP contribution in [0.15, 0.2) is 83.4 Å². The molecule has 192 valence electrons. The molecule has 2 aromatic heterocycles. The maximum absolute atomic E-state index is 15.8. The van der Waals surface area contributed by atoms with Crippen LogP contribution in [0, 0.1) is 25.4 Å². The first-order chi connectivity index (χ1) is 19.9. The van der Waals surface area contributed by atoms with E-state index in [0.29, 0.717) is 33.6 Å². The number of aryl methyl sites for hydroxylation is 3. The number of aromatic nitrogens is 1. The fraction of sp³-hybridized carbons (Fsp3) is 0.171. The second-order valence-electron chi connectivity index (χ2n) is 11.0. The molecule has 7 rings (SSSR count). The fourth-order valence-corrected chi connectivity index (χ4v) is 6.30. The predicted molar refractivity (Wildman–Crippen MR) is 153 cm³/mol. The number of hydrogen-bond donors (Lipinski definition) is 0. The Labute approximate surface area is 230 Å². The van der Waals surface area contributed by atoms with Gasteiger partial charge in [-0.25, -0.2) is 13.3 Å². The average molecular weight is 520 g/mol. The van der Waals surface area contributed by atoms with Gasteiger partial charge in [0.2, 0.25) is 5.69 Å². The predicted octanol–water partition coefficient (Wildman–Crippen LogP) is 8.95. The molecule has 39 heavy (non-hydrogen) atoms. The Morgan fingerprint density at radius 2 is 1.49 bits per heavy atom. The van der Waals surface area contributed by atoms with E-state index in [4.69, 9.17) is 8.53 Å². The second-order valence-corrected chi connectivity index (χ2v) is 11.0. The highest BCUT2D eigenvalue weighted by Crippen LogP contribution is 2.50. The molecule has 0 radical (unpaired) electrons. The molecule has 0 bridgehead atoms. The summed E-state index contributed by atoms with van der Waals surface area (Å²) in [5, 5.41) is 1.51. The molecule has 6 aromatic rings. The summed E-state index contributed by atoms with van der Waals surface area (Å²) >= 11 is 0. The minimum Gasteiger partial charge on any atom is -0.454 e. The van der Waals surface area contributed by atoms with Crippen molar-refractivity contribution >= 4 is 21.9 Å². The molecule has 1 aliphatic rings. The van der Waals surface area contributed by atoms with Crippen LogP contribution in [0.1, 0.15) is 40.2 Å². The van der Waals surface area contributed by atoms with Crippen LogP contribution in [0.3, 0.4) is 0 Å². The topological polar surface area (TPSA) is 17.0 Å². The zero-order chi connectivity index (χ0) is 29.7. The number of fused-ring (bicyclic) bond motifs is 6. The van der Waals surface area contributed by atoms with E-state index in [1.165, 1.54) is 29.5 Å². The molecular weight excluding hydrogens is 488 g/mol. The summed E-state index contributed by atoms with van der Waals surface area (Å²) in [7, 11) is 1.68. The molecule has 0 amide bonds. The molecule has 0 saturated heterocycles. The molecule has 1 aliphatic carbocycles. The largest absolute Gasteiger partial charge is 0.454 e. The quantitative estimate of drug-likeness (QED) is 0.209. The van der Waals surface area contributed by atoms with Crippen LogP contribution in [0.4, 0.5) is 8.78 Å². The lowest BCUT2D eigenvalue weighted by molar-refractivity contribution is -0.661. The summed E-state index contributed by atoms with van der Waals surface area (Å²) in [6.07, 6.45) is 1.30. The maximum Gasteiger partial charge on any atom is 0.219 e. The number of hydrogen-bond acceptors (Lipinski definition) is 1. The van der Waals surface area contributed by atoms with E-state index in [9.17, 15) is 0 Å². The Morgan fingerprint density at radius 3 is 2.28 bits per heavy atom. The standard InChI is InChI=1S/C35H28F2NO/c1-19-10-12-24-25-14-15-28(36)32(34(25)39-33(24)31(19)30-17-29(37)20(2)18-38(30)5)21-11-13-23-22-8-6-7-9-26(22)35(3,4)27(23)16-21/h6-18H,1-5H3/q+1/i2D3. The first-order valence-corrected chi connectivity index (χ1v) is 13.0. The smallest absolute Gasteiger partial charge is 0.219 e. The van der Waals surface area contributed by atoms with Gasteiger partial charge in [-0.15, -0.1) is 0 Å². The summed E-state index contributed by atoms with van der Waals surface area (Å²) in [6.45, 7) is 3.68. The van der Waals surface area contributed by atoms with E-state index in [2.05, 4.69) is 38.1 Å². The van der Waals surface area contributed by atoms with Crippen molar-refractivity contribution in [1.29, 1.82) is 0 Å². The SMILES string of the molecule is [2H]C([2H])([2H])c1c[n+](C)c(-c2c(C)ccc3c2oc2c(-c4ccc5c(c4)C(C)(C)c4ccccc4-5)c(F)ccc23)cc1F. The molecular formula is C35H28F2NO+. The fourth-order valence-electron chi connectivity index (χ4n) is 6.30. The summed E-state index contributed by atoms with van der Waals surface area (Å²) < 4.78 is 62.1.